The maximum Gasteiger partial charge on any atom is 0.410 e. The van der Waals surface area contributed by atoms with E-state index in [9.17, 15) is 4.79 Å². The van der Waals surface area contributed by atoms with Gasteiger partial charge in [-0.15, -0.1) is 0 Å². The molecule has 1 saturated heterocycles. The average molecular weight is 242 g/mol. The average Bonchev–Trinajstić information content (AvgIpc) is 2.72. The number of carbonyl (C=O) groups is 1. The van der Waals surface area contributed by atoms with E-state index in [4.69, 9.17) is 14.7 Å². The first-order valence-corrected chi connectivity index (χ1v) is 5.72. The maximum atomic E-state index is 11.8. The standard InChI is InChI=1S/C11H18N2O4/c1-11(2,3)16-10(15)13-4-7-8(6-14)12-17-9(7)5-13/h7,9,14H,4-6H2,1-3H3. The van der Waals surface area contributed by atoms with E-state index in [0.717, 1.165) is 0 Å². The van der Waals surface area contributed by atoms with E-state index in [1.165, 1.54) is 0 Å². The Morgan fingerprint density at radius 3 is 2.88 bits per heavy atom. The monoisotopic (exact) mass is 242 g/mol. The van der Waals surface area contributed by atoms with Crippen molar-refractivity contribution in [1.29, 1.82) is 0 Å². The Bertz CT molecular complexity index is 348. The molecule has 0 aromatic carbocycles. The quantitative estimate of drug-likeness (QED) is 0.731. The number of nitrogens with zero attached hydrogens (tertiary/aromatic N) is 2. The molecule has 0 radical (unpaired) electrons. The second kappa shape index (κ2) is 4.18. The van der Waals surface area contributed by atoms with Crippen molar-refractivity contribution in [3.05, 3.63) is 0 Å². The number of oxime groups is 1. The Morgan fingerprint density at radius 1 is 1.59 bits per heavy atom. The summed E-state index contributed by atoms with van der Waals surface area (Å²) in [4.78, 5) is 18.6. The molecule has 0 aliphatic carbocycles. The number of amides is 1. The summed E-state index contributed by atoms with van der Waals surface area (Å²) in [6, 6.07) is 0. The highest BCUT2D eigenvalue weighted by molar-refractivity contribution is 5.90. The first kappa shape index (κ1) is 12.2. The van der Waals surface area contributed by atoms with E-state index in [2.05, 4.69) is 5.16 Å². The van der Waals surface area contributed by atoms with Gasteiger partial charge in [0.05, 0.1) is 24.8 Å². The van der Waals surface area contributed by atoms with Gasteiger partial charge in [0.25, 0.3) is 0 Å². The van der Waals surface area contributed by atoms with E-state index in [1.54, 1.807) is 4.90 Å². The van der Waals surface area contributed by atoms with Crippen LogP contribution in [0.4, 0.5) is 4.79 Å². The summed E-state index contributed by atoms with van der Waals surface area (Å²) >= 11 is 0. The third-order valence-electron chi connectivity index (χ3n) is 2.81. The first-order valence-electron chi connectivity index (χ1n) is 5.72. The summed E-state index contributed by atoms with van der Waals surface area (Å²) in [7, 11) is 0. The number of fused-ring (bicyclic) bond motifs is 1. The minimum absolute atomic E-state index is 0.00696. The Hall–Kier alpha value is -1.30. The molecule has 1 N–H and O–H groups in total. The Labute approximate surface area is 100 Å². The molecule has 0 aromatic heterocycles. The van der Waals surface area contributed by atoms with Crippen LogP contribution in [0, 0.1) is 5.92 Å². The molecule has 2 heterocycles. The minimum Gasteiger partial charge on any atom is -0.444 e. The summed E-state index contributed by atoms with van der Waals surface area (Å²) in [5.74, 6) is 0.00696. The maximum absolute atomic E-state index is 11.8. The number of likely N-dealkylation sites (tertiary alicyclic amines) is 1. The Morgan fingerprint density at radius 2 is 2.29 bits per heavy atom. The van der Waals surface area contributed by atoms with Gasteiger partial charge in [0, 0.05) is 6.54 Å². The lowest BCUT2D eigenvalue weighted by Gasteiger charge is -2.24. The molecule has 96 valence electrons. The van der Waals surface area contributed by atoms with Crippen molar-refractivity contribution >= 4 is 11.8 Å². The van der Waals surface area contributed by atoms with Crippen LogP contribution in [0.25, 0.3) is 0 Å². The summed E-state index contributed by atoms with van der Waals surface area (Å²) in [5.41, 5.74) is 0.116. The van der Waals surface area contributed by atoms with E-state index in [0.29, 0.717) is 18.8 Å². The van der Waals surface area contributed by atoms with Crippen molar-refractivity contribution in [2.75, 3.05) is 19.7 Å². The summed E-state index contributed by atoms with van der Waals surface area (Å²) in [5, 5.41) is 12.9. The fourth-order valence-electron chi connectivity index (χ4n) is 2.03. The van der Waals surface area contributed by atoms with Crippen LogP contribution in [0.5, 0.6) is 0 Å². The Kier molecular flexibility index (Phi) is 2.99. The van der Waals surface area contributed by atoms with Gasteiger partial charge in [-0.05, 0) is 20.8 Å². The van der Waals surface area contributed by atoms with Crippen LogP contribution in [0.15, 0.2) is 5.16 Å². The molecule has 0 bridgehead atoms. The van der Waals surface area contributed by atoms with Crippen LogP contribution in [-0.4, -0.2) is 53.2 Å². The van der Waals surface area contributed by atoms with Gasteiger partial charge in [-0.1, -0.05) is 5.16 Å². The molecule has 0 saturated carbocycles. The zero-order chi connectivity index (χ0) is 12.6. The lowest BCUT2D eigenvalue weighted by atomic mass is 10.0. The molecule has 17 heavy (non-hydrogen) atoms. The second-order valence-electron chi connectivity index (χ2n) is 5.38. The fourth-order valence-corrected chi connectivity index (χ4v) is 2.03. The van der Waals surface area contributed by atoms with Crippen molar-refractivity contribution in [1.82, 2.24) is 4.90 Å². The van der Waals surface area contributed by atoms with Crippen LogP contribution in [0.1, 0.15) is 20.8 Å². The lowest BCUT2D eigenvalue weighted by Crippen LogP contribution is -2.36. The normalized spacial score (nSPS) is 27.5. The molecule has 2 atom stereocenters. The number of hydrogen-bond donors (Lipinski definition) is 1. The van der Waals surface area contributed by atoms with Gasteiger partial charge in [0.15, 0.2) is 6.10 Å². The molecule has 1 amide bonds. The summed E-state index contributed by atoms with van der Waals surface area (Å²) in [6.45, 7) is 6.34. The molecule has 2 unspecified atom stereocenters. The van der Waals surface area contributed by atoms with Gasteiger partial charge in [-0.25, -0.2) is 4.79 Å². The molecule has 6 nitrogen and oxygen atoms in total. The van der Waals surface area contributed by atoms with Gasteiger partial charge in [0.2, 0.25) is 0 Å². The summed E-state index contributed by atoms with van der Waals surface area (Å²) < 4.78 is 5.28. The molecule has 0 aromatic rings. The largest absolute Gasteiger partial charge is 0.444 e. The van der Waals surface area contributed by atoms with Crippen molar-refractivity contribution in [2.24, 2.45) is 11.1 Å². The lowest BCUT2D eigenvalue weighted by molar-refractivity contribution is 0.0227. The summed E-state index contributed by atoms with van der Waals surface area (Å²) in [6.07, 6.45) is -0.475. The van der Waals surface area contributed by atoms with Crippen molar-refractivity contribution < 1.29 is 19.5 Å². The molecular weight excluding hydrogens is 224 g/mol. The topological polar surface area (TPSA) is 71.4 Å². The van der Waals surface area contributed by atoms with Crippen molar-refractivity contribution in [3.63, 3.8) is 0 Å². The van der Waals surface area contributed by atoms with E-state index < -0.39 is 5.60 Å². The van der Waals surface area contributed by atoms with Gasteiger partial charge in [0.1, 0.15) is 5.60 Å². The first-order chi connectivity index (χ1) is 7.90. The van der Waals surface area contributed by atoms with Crippen LogP contribution in [0.3, 0.4) is 0 Å². The number of ether oxygens (including phenoxy) is 1. The van der Waals surface area contributed by atoms with E-state index in [1.807, 2.05) is 20.8 Å². The van der Waals surface area contributed by atoms with Gasteiger partial charge < -0.3 is 19.6 Å². The van der Waals surface area contributed by atoms with E-state index in [-0.39, 0.29) is 24.7 Å². The van der Waals surface area contributed by atoms with Crippen LogP contribution >= 0.6 is 0 Å². The number of aliphatic hydroxyl groups excluding tert-OH is 1. The zero-order valence-electron chi connectivity index (χ0n) is 10.3. The van der Waals surface area contributed by atoms with Crippen molar-refractivity contribution in [2.45, 2.75) is 32.5 Å². The van der Waals surface area contributed by atoms with Crippen LogP contribution in [0.2, 0.25) is 0 Å². The molecule has 2 aliphatic heterocycles. The molecule has 2 aliphatic rings. The highest BCUT2D eigenvalue weighted by Gasteiger charge is 2.44. The predicted molar refractivity (Wildman–Crippen MR) is 60.7 cm³/mol. The van der Waals surface area contributed by atoms with Gasteiger partial charge in [-0.3, -0.25) is 0 Å². The zero-order valence-corrected chi connectivity index (χ0v) is 10.3. The number of carbonyl (C=O) groups excluding carboxylic acids is 1. The highest BCUT2D eigenvalue weighted by atomic mass is 16.6. The smallest absolute Gasteiger partial charge is 0.410 e. The van der Waals surface area contributed by atoms with Gasteiger partial charge in [-0.2, -0.15) is 0 Å². The fraction of sp³-hybridized carbons (Fsp3) is 0.818. The minimum atomic E-state index is -0.496. The van der Waals surface area contributed by atoms with Crippen LogP contribution in [-0.2, 0) is 9.57 Å². The molecule has 1 fully saturated rings. The third-order valence-corrected chi connectivity index (χ3v) is 2.81. The number of rotatable bonds is 1. The van der Waals surface area contributed by atoms with Crippen molar-refractivity contribution in [3.8, 4) is 0 Å². The SMILES string of the molecule is CC(C)(C)OC(=O)N1CC2ON=C(CO)C2C1. The predicted octanol–water partition coefficient (Wildman–Crippen LogP) is 0.600. The Balaban J connectivity index is 1.95. The third kappa shape index (κ3) is 2.52. The van der Waals surface area contributed by atoms with E-state index >= 15 is 0 Å². The molecule has 2 rings (SSSR count). The highest BCUT2D eigenvalue weighted by Crippen LogP contribution is 2.27. The second-order valence-corrected chi connectivity index (χ2v) is 5.38. The number of hydrogen-bond acceptors (Lipinski definition) is 5. The molecule has 6 heteroatoms. The molecular formula is C11H18N2O4. The van der Waals surface area contributed by atoms with Gasteiger partial charge >= 0.3 is 6.09 Å². The molecule has 0 spiro atoms. The van der Waals surface area contributed by atoms with Crippen LogP contribution < -0.4 is 0 Å². The number of aliphatic hydroxyl groups is 1.